The second-order valence-corrected chi connectivity index (χ2v) is 6.16. The van der Waals surface area contributed by atoms with E-state index in [9.17, 15) is 4.79 Å². The molecule has 0 saturated carbocycles. The molecule has 2 rings (SSSR count). The Morgan fingerprint density at radius 1 is 1.18 bits per heavy atom. The highest BCUT2D eigenvalue weighted by Crippen LogP contribution is 2.20. The number of carbonyl (C=O) groups is 1. The number of amides is 1. The normalized spacial score (nSPS) is 15.9. The number of rotatable bonds is 6. The van der Waals surface area contributed by atoms with E-state index in [0.717, 1.165) is 38.5 Å². The fourth-order valence-corrected chi connectivity index (χ4v) is 2.53. The van der Waals surface area contributed by atoms with E-state index in [1.54, 1.807) is 7.11 Å². The molecule has 0 unspecified atom stereocenters. The maximum Gasteiger partial charge on any atom is 0.234 e. The average Bonchev–Trinajstić information content (AvgIpc) is 2.54. The summed E-state index contributed by atoms with van der Waals surface area (Å²) in [5.74, 6) is 1.51. The molecular weight excluding hydrogens is 278 g/mol. The molecule has 0 aliphatic carbocycles. The molecule has 1 aliphatic rings. The van der Waals surface area contributed by atoms with Crippen molar-refractivity contribution in [3.05, 3.63) is 24.3 Å². The zero-order chi connectivity index (χ0) is 15.9. The van der Waals surface area contributed by atoms with Crippen molar-refractivity contribution in [2.24, 2.45) is 5.92 Å². The molecule has 0 spiro atoms. The van der Waals surface area contributed by atoms with Crippen molar-refractivity contribution in [2.75, 3.05) is 51.3 Å². The molecule has 1 aromatic rings. The largest absolute Gasteiger partial charge is 0.497 e. The van der Waals surface area contributed by atoms with Crippen LogP contribution in [0.2, 0.25) is 0 Å². The second-order valence-electron chi connectivity index (χ2n) is 6.16. The maximum atomic E-state index is 11.9. The van der Waals surface area contributed by atoms with Crippen LogP contribution in [0.3, 0.4) is 0 Å². The number of nitrogens with one attached hydrogen (secondary N) is 1. The number of benzene rings is 1. The quantitative estimate of drug-likeness (QED) is 0.867. The second kappa shape index (κ2) is 8.03. The van der Waals surface area contributed by atoms with E-state index in [2.05, 4.69) is 41.1 Å². The Bertz CT molecular complexity index is 465. The molecule has 22 heavy (non-hydrogen) atoms. The number of ether oxygens (including phenoxy) is 1. The smallest absolute Gasteiger partial charge is 0.234 e. The maximum absolute atomic E-state index is 11.9. The van der Waals surface area contributed by atoms with Crippen LogP contribution in [0.1, 0.15) is 13.8 Å². The van der Waals surface area contributed by atoms with E-state index in [-0.39, 0.29) is 5.91 Å². The molecule has 1 fully saturated rings. The minimum absolute atomic E-state index is 0.131. The fourth-order valence-electron chi connectivity index (χ4n) is 2.53. The van der Waals surface area contributed by atoms with Crippen LogP contribution in [-0.2, 0) is 4.79 Å². The predicted octanol–water partition coefficient (Wildman–Crippen LogP) is 1.59. The standard InChI is InChI=1S/C17H27N3O2/c1-14(2)12-18-17(21)13-19-8-10-20(11-9-19)15-4-6-16(22-3)7-5-15/h4-7,14H,8-13H2,1-3H3,(H,18,21). The SMILES string of the molecule is COc1ccc(N2CCN(CC(=O)NCC(C)C)CC2)cc1. The summed E-state index contributed by atoms with van der Waals surface area (Å²) in [5.41, 5.74) is 1.21. The van der Waals surface area contributed by atoms with Gasteiger partial charge in [0.15, 0.2) is 0 Å². The Morgan fingerprint density at radius 3 is 2.36 bits per heavy atom. The third-order valence-corrected chi connectivity index (χ3v) is 3.88. The molecule has 1 N–H and O–H groups in total. The summed E-state index contributed by atoms with van der Waals surface area (Å²) >= 11 is 0. The van der Waals surface area contributed by atoms with Gasteiger partial charge in [-0.15, -0.1) is 0 Å². The number of hydrogen-bond acceptors (Lipinski definition) is 4. The first-order chi connectivity index (χ1) is 10.6. The number of hydrogen-bond donors (Lipinski definition) is 1. The van der Waals surface area contributed by atoms with Gasteiger partial charge in [0, 0.05) is 38.4 Å². The summed E-state index contributed by atoms with van der Waals surface area (Å²) in [7, 11) is 1.68. The van der Waals surface area contributed by atoms with Crippen LogP contribution < -0.4 is 15.0 Å². The Kier molecular flexibility index (Phi) is 6.07. The van der Waals surface area contributed by atoms with Crippen LogP contribution in [0.15, 0.2) is 24.3 Å². The van der Waals surface area contributed by atoms with Gasteiger partial charge in [-0.05, 0) is 30.2 Å². The molecule has 122 valence electrons. The highest BCUT2D eigenvalue weighted by atomic mass is 16.5. The van der Waals surface area contributed by atoms with Crippen LogP contribution in [-0.4, -0.2) is 57.2 Å². The van der Waals surface area contributed by atoms with E-state index in [4.69, 9.17) is 4.74 Å². The lowest BCUT2D eigenvalue weighted by molar-refractivity contribution is -0.122. The summed E-state index contributed by atoms with van der Waals surface area (Å²) in [4.78, 5) is 16.4. The van der Waals surface area contributed by atoms with Gasteiger partial charge in [0.2, 0.25) is 5.91 Å². The van der Waals surface area contributed by atoms with E-state index < -0.39 is 0 Å². The van der Waals surface area contributed by atoms with Crippen LogP contribution in [0, 0.1) is 5.92 Å². The van der Waals surface area contributed by atoms with E-state index in [1.165, 1.54) is 5.69 Å². The summed E-state index contributed by atoms with van der Waals surface area (Å²) in [6, 6.07) is 8.15. The van der Waals surface area contributed by atoms with E-state index in [1.807, 2.05) is 12.1 Å². The van der Waals surface area contributed by atoms with Crippen LogP contribution >= 0.6 is 0 Å². The molecule has 1 aromatic carbocycles. The van der Waals surface area contributed by atoms with Crippen molar-refractivity contribution >= 4 is 11.6 Å². The summed E-state index contributed by atoms with van der Waals surface area (Å²) in [6.07, 6.45) is 0. The van der Waals surface area contributed by atoms with Gasteiger partial charge in [-0.1, -0.05) is 13.8 Å². The first-order valence-corrected chi connectivity index (χ1v) is 7.96. The molecule has 0 aromatic heterocycles. The number of anilines is 1. The Balaban J connectivity index is 1.76. The minimum atomic E-state index is 0.131. The van der Waals surface area contributed by atoms with Crippen molar-refractivity contribution < 1.29 is 9.53 Å². The Hall–Kier alpha value is -1.75. The van der Waals surface area contributed by atoms with Crippen molar-refractivity contribution in [3.8, 4) is 5.75 Å². The first kappa shape index (κ1) is 16.6. The lowest BCUT2D eigenvalue weighted by Gasteiger charge is -2.35. The molecule has 1 heterocycles. The van der Waals surface area contributed by atoms with Gasteiger partial charge in [0.25, 0.3) is 0 Å². The third kappa shape index (κ3) is 4.91. The molecule has 5 nitrogen and oxygen atoms in total. The highest BCUT2D eigenvalue weighted by Gasteiger charge is 2.19. The number of piperazine rings is 1. The molecule has 0 radical (unpaired) electrons. The van der Waals surface area contributed by atoms with Gasteiger partial charge in [-0.2, -0.15) is 0 Å². The first-order valence-electron chi connectivity index (χ1n) is 7.96. The number of nitrogens with zero attached hydrogens (tertiary/aromatic N) is 2. The third-order valence-electron chi connectivity index (χ3n) is 3.88. The van der Waals surface area contributed by atoms with Gasteiger partial charge in [0.1, 0.15) is 5.75 Å². The molecule has 0 bridgehead atoms. The zero-order valence-electron chi connectivity index (χ0n) is 13.8. The fraction of sp³-hybridized carbons (Fsp3) is 0.588. The van der Waals surface area contributed by atoms with Gasteiger partial charge in [0.05, 0.1) is 13.7 Å². The zero-order valence-corrected chi connectivity index (χ0v) is 13.8. The number of methoxy groups -OCH3 is 1. The molecular formula is C17H27N3O2. The van der Waals surface area contributed by atoms with Crippen LogP contribution in [0.4, 0.5) is 5.69 Å². The van der Waals surface area contributed by atoms with Crippen LogP contribution in [0.25, 0.3) is 0 Å². The summed E-state index contributed by atoms with van der Waals surface area (Å²) < 4.78 is 5.19. The van der Waals surface area contributed by atoms with Gasteiger partial charge >= 0.3 is 0 Å². The molecule has 1 aliphatic heterocycles. The highest BCUT2D eigenvalue weighted by molar-refractivity contribution is 5.78. The van der Waals surface area contributed by atoms with Gasteiger partial charge in [-0.25, -0.2) is 0 Å². The van der Waals surface area contributed by atoms with Gasteiger partial charge in [-0.3, -0.25) is 9.69 Å². The molecule has 5 heteroatoms. The lowest BCUT2D eigenvalue weighted by atomic mass is 10.2. The molecule has 0 atom stereocenters. The average molecular weight is 305 g/mol. The van der Waals surface area contributed by atoms with Crippen molar-refractivity contribution in [1.82, 2.24) is 10.2 Å². The summed E-state index contributed by atoms with van der Waals surface area (Å²) in [6.45, 7) is 9.20. The van der Waals surface area contributed by atoms with Crippen molar-refractivity contribution in [3.63, 3.8) is 0 Å². The predicted molar refractivity (Wildman–Crippen MR) is 89.5 cm³/mol. The van der Waals surface area contributed by atoms with Gasteiger partial charge < -0.3 is 15.0 Å². The van der Waals surface area contributed by atoms with E-state index >= 15 is 0 Å². The monoisotopic (exact) mass is 305 g/mol. The van der Waals surface area contributed by atoms with Crippen molar-refractivity contribution in [1.29, 1.82) is 0 Å². The van der Waals surface area contributed by atoms with E-state index in [0.29, 0.717) is 12.5 Å². The number of carbonyl (C=O) groups excluding carboxylic acids is 1. The molecule has 1 saturated heterocycles. The molecule has 1 amide bonds. The summed E-state index contributed by atoms with van der Waals surface area (Å²) in [5, 5.41) is 2.98. The Morgan fingerprint density at radius 2 is 1.82 bits per heavy atom. The van der Waals surface area contributed by atoms with Crippen molar-refractivity contribution in [2.45, 2.75) is 13.8 Å². The van der Waals surface area contributed by atoms with Crippen LogP contribution in [0.5, 0.6) is 5.75 Å². The topological polar surface area (TPSA) is 44.8 Å². The lowest BCUT2D eigenvalue weighted by Crippen LogP contribution is -2.49. The Labute approximate surface area is 133 Å². The minimum Gasteiger partial charge on any atom is -0.497 e.